The van der Waals surface area contributed by atoms with Crippen LogP contribution in [0.15, 0.2) is 27.7 Å². The van der Waals surface area contributed by atoms with E-state index in [1.807, 2.05) is 18.2 Å². The predicted octanol–water partition coefficient (Wildman–Crippen LogP) is 2.51. The van der Waals surface area contributed by atoms with Gasteiger partial charge in [0.25, 0.3) is 0 Å². The molecule has 2 rings (SSSR count). The summed E-state index contributed by atoms with van der Waals surface area (Å²) in [5, 5.41) is 6.51. The third-order valence-corrected chi connectivity index (χ3v) is 3.37. The third-order valence-electron chi connectivity index (χ3n) is 2.60. The van der Waals surface area contributed by atoms with Crippen LogP contribution in [0.25, 0.3) is 0 Å². The Morgan fingerprint density at radius 1 is 1.50 bits per heavy atom. The molecule has 2 N–H and O–H groups in total. The monoisotopic (exact) mass is 425 g/mol. The molecule has 0 aliphatic carbocycles. The van der Waals surface area contributed by atoms with E-state index in [0.717, 1.165) is 47.8 Å². The molecule has 0 unspecified atom stereocenters. The molecule has 6 heteroatoms. The molecule has 100 valence electrons. The first-order chi connectivity index (χ1) is 8.29. The summed E-state index contributed by atoms with van der Waals surface area (Å²) in [5.41, 5.74) is 1.15. The molecule has 0 aromatic heterocycles. The molecule has 0 saturated heterocycles. The Kier molecular flexibility index (Phi) is 6.77. The highest BCUT2D eigenvalue weighted by atomic mass is 127. The van der Waals surface area contributed by atoms with Gasteiger partial charge in [0.1, 0.15) is 5.75 Å². The molecule has 0 bridgehead atoms. The van der Waals surface area contributed by atoms with Crippen LogP contribution in [0.1, 0.15) is 12.0 Å². The van der Waals surface area contributed by atoms with Crippen molar-refractivity contribution in [3.05, 3.63) is 28.2 Å². The molecule has 1 aromatic rings. The summed E-state index contributed by atoms with van der Waals surface area (Å²) in [7, 11) is 1.67. The number of methoxy groups -OCH3 is 1. The number of hydrogen-bond acceptors (Lipinski definition) is 4. The molecule has 1 aliphatic rings. The van der Waals surface area contributed by atoms with E-state index in [-0.39, 0.29) is 24.0 Å². The van der Waals surface area contributed by atoms with Gasteiger partial charge in [0, 0.05) is 24.1 Å². The number of hydrogen-bond donors (Lipinski definition) is 2. The van der Waals surface area contributed by atoms with Crippen molar-refractivity contribution in [2.75, 3.05) is 20.2 Å². The average molecular weight is 426 g/mol. The van der Waals surface area contributed by atoms with E-state index in [4.69, 9.17) is 4.74 Å². The standard InChI is InChI=1S/C12H16BrN3O.HI/c1-17-10-3-4-11(13)9(7-10)8-16-12-14-5-2-6-15-12;/h3-4,7H,2,5-6,8H2,1H3,(H2,14,15,16);1H. The molecule has 0 atom stereocenters. The van der Waals surface area contributed by atoms with E-state index in [1.54, 1.807) is 7.11 Å². The summed E-state index contributed by atoms with van der Waals surface area (Å²) >= 11 is 3.53. The normalized spacial score (nSPS) is 14.0. The van der Waals surface area contributed by atoms with Gasteiger partial charge in [0.2, 0.25) is 0 Å². The van der Waals surface area contributed by atoms with Crippen molar-refractivity contribution in [1.29, 1.82) is 0 Å². The van der Waals surface area contributed by atoms with Gasteiger partial charge >= 0.3 is 0 Å². The van der Waals surface area contributed by atoms with E-state index in [1.165, 1.54) is 0 Å². The highest BCUT2D eigenvalue weighted by Gasteiger charge is 2.06. The molecular weight excluding hydrogens is 409 g/mol. The maximum atomic E-state index is 5.21. The zero-order valence-corrected chi connectivity index (χ0v) is 14.1. The molecule has 1 aromatic carbocycles. The number of ether oxygens (including phenoxy) is 1. The largest absolute Gasteiger partial charge is 0.497 e. The van der Waals surface area contributed by atoms with Crippen LogP contribution in [0.2, 0.25) is 0 Å². The summed E-state index contributed by atoms with van der Waals surface area (Å²) in [6.07, 6.45) is 1.11. The SMILES string of the molecule is COc1ccc(Br)c(CNC2=NCCCN2)c1.I. The lowest BCUT2D eigenvalue weighted by Crippen LogP contribution is -2.40. The van der Waals surface area contributed by atoms with Crippen molar-refractivity contribution in [3.8, 4) is 5.75 Å². The minimum absolute atomic E-state index is 0. The summed E-state index contributed by atoms with van der Waals surface area (Å²) < 4.78 is 6.28. The first kappa shape index (κ1) is 15.6. The molecule has 0 radical (unpaired) electrons. The van der Waals surface area contributed by atoms with Gasteiger partial charge in [-0.15, -0.1) is 24.0 Å². The Bertz CT molecular complexity index is 426. The highest BCUT2D eigenvalue weighted by molar-refractivity contribution is 14.0. The van der Waals surface area contributed by atoms with Crippen molar-refractivity contribution in [1.82, 2.24) is 10.6 Å². The van der Waals surface area contributed by atoms with Crippen LogP contribution in [-0.2, 0) is 6.54 Å². The predicted molar refractivity (Wildman–Crippen MR) is 87.9 cm³/mol. The zero-order valence-electron chi connectivity index (χ0n) is 10.2. The van der Waals surface area contributed by atoms with Gasteiger partial charge in [-0.05, 0) is 30.2 Å². The summed E-state index contributed by atoms with van der Waals surface area (Å²) in [6.45, 7) is 2.61. The minimum atomic E-state index is 0. The van der Waals surface area contributed by atoms with Gasteiger partial charge in [-0.2, -0.15) is 0 Å². The Labute approximate surface area is 133 Å². The molecule has 1 aliphatic heterocycles. The van der Waals surface area contributed by atoms with Crippen molar-refractivity contribution in [3.63, 3.8) is 0 Å². The Hall–Kier alpha value is -0.500. The molecule has 18 heavy (non-hydrogen) atoms. The fraction of sp³-hybridized carbons (Fsp3) is 0.417. The number of aliphatic imine (C=N–C) groups is 1. The van der Waals surface area contributed by atoms with E-state index in [2.05, 4.69) is 31.6 Å². The minimum Gasteiger partial charge on any atom is -0.497 e. The molecule has 0 spiro atoms. The quantitative estimate of drug-likeness (QED) is 0.731. The Balaban J connectivity index is 0.00000162. The Morgan fingerprint density at radius 2 is 2.33 bits per heavy atom. The molecule has 0 saturated carbocycles. The smallest absolute Gasteiger partial charge is 0.191 e. The number of nitrogens with zero attached hydrogens (tertiary/aromatic N) is 1. The van der Waals surface area contributed by atoms with Gasteiger partial charge in [0.05, 0.1) is 7.11 Å². The number of benzene rings is 1. The van der Waals surface area contributed by atoms with E-state index < -0.39 is 0 Å². The topological polar surface area (TPSA) is 45.6 Å². The fourth-order valence-electron chi connectivity index (χ4n) is 1.64. The van der Waals surface area contributed by atoms with Gasteiger partial charge in [-0.1, -0.05) is 15.9 Å². The second-order valence-electron chi connectivity index (χ2n) is 3.82. The number of nitrogens with one attached hydrogen (secondary N) is 2. The number of rotatable bonds is 3. The number of halogens is 2. The van der Waals surface area contributed by atoms with E-state index >= 15 is 0 Å². The third kappa shape index (κ3) is 4.31. The van der Waals surface area contributed by atoms with Gasteiger partial charge in [-0.25, -0.2) is 0 Å². The van der Waals surface area contributed by atoms with E-state index in [0.29, 0.717) is 0 Å². The summed E-state index contributed by atoms with van der Waals surface area (Å²) in [5.74, 6) is 1.74. The van der Waals surface area contributed by atoms with Crippen LogP contribution in [-0.4, -0.2) is 26.2 Å². The summed E-state index contributed by atoms with van der Waals surface area (Å²) in [6, 6.07) is 5.94. The van der Waals surface area contributed by atoms with Crippen molar-refractivity contribution < 1.29 is 4.74 Å². The van der Waals surface area contributed by atoms with E-state index in [9.17, 15) is 0 Å². The van der Waals surface area contributed by atoms with Crippen LogP contribution in [0.5, 0.6) is 5.75 Å². The molecule has 0 fully saturated rings. The van der Waals surface area contributed by atoms with Gasteiger partial charge in [-0.3, -0.25) is 4.99 Å². The number of guanidine groups is 1. The van der Waals surface area contributed by atoms with Crippen molar-refractivity contribution >= 4 is 45.9 Å². The molecule has 0 amide bonds. The first-order valence-electron chi connectivity index (χ1n) is 5.64. The fourth-order valence-corrected chi connectivity index (χ4v) is 2.03. The lowest BCUT2D eigenvalue weighted by atomic mass is 10.2. The molecule has 1 heterocycles. The Morgan fingerprint density at radius 3 is 3.00 bits per heavy atom. The first-order valence-corrected chi connectivity index (χ1v) is 6.43. The molecular formula is C12H17BrIN3O. The lowest BCUT2D eigenvalue weighted by Gasteiger charge is -2.16. The highest BCUT2D eigenvalue weighted by Crippen LogP contribution is 2.22. The van der Waals surface area contributed by atoms with Crippen LogP contribution in [0.4, 0.5) is 0 Å². The van der Waals surface area contributed by atoms with Crippen molar-refractivity contribution in [2.24, 2.45) is 4.99 Å². The zero-order chi connectivity index (χ0) is 12.1. The van der Waals surface area contributed by atoms with Crippen molar-refractivity contribution in [2.45, 2.75) is 13.0 Å². The van der Waals surface area contributed by atoms with Crippen LogP contribution in [0, 0.1) is 0 Å². The maximum Gasteiger partial charge on any atom is 0.191 e. The van der Waals surface area contributed by atoms with Gasteiger partial charge in [0.15, 0.2) is 5.96 Å². The van der Waals surface area contributed by atoms with Gasteiger partial charge < -0.3 is 15.4 Å². The summed E-state index contributed by atoms with van der Waals surface area (Å²) in [4.78, 5) is 4.36. The average Bonchev–Trinajstić information content (AvgIpc) is 2.39. The maximum absolute atomic E-state index is 5.21. The van der Waals surface area contributed by atoms with Crippen LogP contribution >= 0.6 is 39.9 Å². The van der Waals surface area contributed by atoms with Crippen LogP contribution in [0.3, 0.4) is 0 Å². The second-order valence-corrected chi connectivity index (χ2v) is 4.68. The molecule has 4 nitrogen and oxygen atoms in total. The lowest BCUT2D eigenvalue weighted by molar-refractivity contribution is 0.414. The van der Waals surface area contributed by atoms with Crippen LogP contribution < -0.4 is 15.4 Å². The second kappa shape index (κ2) is 7.83.